The van der Waals surface area contributed by atoms with Crippen LogP contribution < -0.4 is 14.8 Å². The second-order valence-corrected chi connectivity index (χ2v) is 6.20. The molecule has 0 aliphatic rings. The van der Waals surface area contributed by atoms with Crippen molar-refractivity contribution in [2.75, 3.05) is 19.0 Å². The van der Waals surface area contributed by atoms with Crippen molar-refractivity contribution in [2.24, 2.45) is 0 Å². The number of rotatable bonds is 7. The van der Waals surface area contributed by atoms with Gasteiger partial charge in [-0.15, -0.1) is 0 Å². The van der Waals surface area contributed by atoms with Crippen molar-refractivity contribution in [1.29, 1.82) is 0 Å². The molecule has 144 valence electrons. The van der Waals surface area contributed by atoms with Gasteiger partial charge in [0.1, 0.15) is 5.82 Å². The third-order valence-corrected chi connectivity index (χ3v) is 3.54. The van der Waals surface area contributed by atoms with E-state index in [0.717, 1.165) is 6.07 Å². The molecule has 0 radical (unpaired) electrons. The number of carbonyl (C=O) groups excluding carboxylic acids is 2. The highest BCUT2D eigenvalue weighted by molar-refractivity contribution is 6.32. The van der Waals surface area contributed by atoms with Crippen molar-refractivity contribution in [3.05, 3.63) is 52.8 Å². The maximum absolute atomic E-state index is 13.1. The fourth-order valence-electron chi connectivity index (χ4n) is 2.17. The van der Waals surface area contributed by atoms with Crippen molar-refractivity contribution in [3.8, 4) is 11.5 Å². The Hall–Kier alpha value is -2.80. The predicted molar refractivity (Wildman–Crippen MR) is 99.1 cm³/mol. The van der Waals surface area contributed by atoms with Crippen molar-refractivity contribution < 1.29 is 28.2 Å². The van der Waals surface area contributed by atoms with Gasteiger partial charge in [-0.25, -0.2) is 9.18 Å². The summed E-state index contributed by atoms with van der Waals surface area (Å²) < 4.78 is 28.8. The van der Waals surface area contributed by atoms with Gasteiger partial charge < -0.3 is 19.5 Å². The minimum absolute atomic E-state index is 0.103. The normalized spacial score (nSPS) is 10.4. The Morgan fingerprint density at radius 2 is 1.96 bits per heavy atom. The van der Waals surface area contributed by atoms with E-state index in [1.54, 1.807) is 0 Å². The van der Waals surface area contributed by atoms with Gasteiger partial charge in [0.15, 0.2) is 18.1 Å². The highest BCUT2D eigenvalue weighted by atomic mass is 35.5. The Bertz CT molecular complexity index is 841. The molecule has 0 aliphatic carbocycles. The molecular weight excluding hydrogens is 377 g/mol. The second-order valence-electron chi connectivity index (χ2n) is 5.79. The maximum atomic E-state index is 13.1. The highest BCUT2D eigenvalue weighted by Crippen LogP contribution is 2.37. The smallest absolute Gasteiger partial charge is 0.338 e. The van der Waals surface area contributed by atoms with E-state index < -0.39 is 24.3 Å². The number of nitrogens with one attached hydrogen (secondary N) is 1. The van der Waals surface area contributed by atoms with Crippen molar-refractivity contribution in [2.45, 2.75) is 20.0 Å². The first-order valence-electron chi connectivity index (χ1n) is 8.07. The van der Waals surface area contributed by atoms with Crippen molar-refractivity contribution >= 4 is 29.2 Å². The molecule has 0 saturated carbocycles. The predicted octanol–water partition coefficient (Wildman–Crippen LogP) is 4.07. The van der Waals surface area contributed by atoms with E-state index in [9.17, 15) is 14.0 Å². The molecule has 1 N–H and O–H groups in total. The summed E-state index contributed by atoms with van der Waals surface area (Å²) in [5, 5.41) is 2.61. The number of benzene rings is 2. The van der Waals surface area contributed by atoms with Crippen LogP contribution in [0.5, 0.6) is 11.5 Å². The summed E-state index contributed by atoms with van der Waals surface area (Å²) in [4.78, 5) is 24.0. The fourth-order valence-corrected chi connectivity index (χ4v) is 2.42. The average molecular weight is 396 g/mol. The molecule has 0 heterocycles. The van der Waals surface area contributed by atoms with E-state index in [1.165, 1.54) is 37.4 Å². The number of halogens is 2. The minimum Gasteiger partial charge on any atom is -0.493 e. The molecule has 0 atom stereocenters. The molecule has 8 heteroatoms. The van der Waals surface area contributed by atoms with E-state index in [2.05, 4.69) is 5.32 Å². The Morgan fingerprint density at radius 1 is 1.22 bits per heavy atom. The average Bonchev–Trinajstić information content (AvgIpc) is 2.60. The summed E-state index contributed by atoms with van der Waals surface area (Å²) >= 11 is 6.16. The van der Waals surface area contributed by atoms with Crippen LogP contribution in [0.4, 0.5) is 10.1 Å². The topological polar surface area (TPSA) is 73.9 Å². The lowest BCUT2D eigenvalue weighted by atomic mass is 10.2. The molecule has 0 spiro atoms. The Labute approximate surface area is 161 Å². The SMILES string of the molecule is COc1cc(C(=O)OCC(=O)Nc2cccc(F)c2)cc(Cl)c1OC(C)C. The molecule has 0 unspecified atom stereocenters. The summed E-state index contributed by atoms with van der Waals surface area (Å²) in [5.74, 6) is -1.27. The van der Waals surface area contributed by atoms with Gasteiger partial charge in [0.25, 0.3) is 5.91 Å². The standard InChI is InChI=1S/C19H19ClFNO5/c1-11(2)27-18-15(20)7-12(8-16(18)25-3)19(24)26-10-17(23)22-14-6-4-5-13(21)9-14/h4-9,11H,10H2,1-3H3,(H,22,23). The third-order valence-electron chi connectivity index (χ3n) is 3.26. The van der Waals surface area contributed by atoms with E-state index in [1.807, 2.05) is 13.8 Å². The van der Waals surface area contributed by atoms with Gasteiger partial charge >= 0.3 is 5.97 Å². The van der Waals surface area contributed by atoms with E-state index in [-0.39, 0.29) is 28.1 Å². The van der Waals surface area contributed by atoms with Crippen LogP contribution in [0.25, 0.3) is 0 Å². The van der Waals surface area contributed by atoms with Gasteiger partial charge in [0.2, 0.25) is 0 Å². The lowest BCUT2D eigenvalue weighted by Crippen LogP contribution is -2.21. The molecule has 2 aromatic rings. The van der Waals surface area contributed by atoms with Crippen LogP contribution in [0.3, 0.4) is 0 Å². The molecule has 0 aromatic heterocycles. The van der Waals surface area contributed by atoms with Crippen LogP contribution in [-0.2, 0) is 9.53 Å². The first kappa shape index (κ1) is 20.5. The van der Waals surface area contributed by atoms with Crippen LogP contribution in [0, 0.1) is 5.82 Å². The van der Waals surface area contributed by atoms with Crippen LogP contribution in [0.2, 0.25) is 5.02 Å². The van der Waals surface area contributed by atoms with Crippen molar-refractivity contribution in [3.63, 3.8) is 0 Å². The molecular formula is C19H19ClFNO5. The number of hydrogen-bond acceptors (Lipinski definition) is 5. The molecule has 0 saturated heterocycles. The largest absolute Gasteiger partial charge is 0.493 e. The zero-order chi connectivity index (χ0) is 20.0. The third kappa shape index (κ3) is 5.86. The van der Waals surface area contributed by atoms with Gasteiger partial charge in [-0.3, -0.25) is 4.79 Å². The highest BCUT2D eigenvalue weighted by Gasteiger charge is 2.18. The van der Waals surface area contributed by atoms with Crippen LogP contribution in [0.1, 0.15) is 24.2 Å². The molecule has 0 aliphatic heterocycles. The first-order valence-corrected chi connectivity index (χ1v) is 8.44. The Kier molecular flexibility index (Phi) is 7.01. The summed E-state index contributed by atoms with van der Waals surface area (Å²) in [5.41, 5.74) is 0.363. The maximum Gasteiger partial charge on any atom is 0.338 e. The van der Waals surface area contributed by atoms with Gasteiger partial charge in [0, 0.05) is 5.69 Å². The number of methoxy groups -OCH3 is 1. The van der Waals surface area contributed by atoms with Gasteiger partial charge in [-0.05, 0) is 44.2 Å². The first-order chi connectivity index (χ1) is 12.8. The number of anilines is 1. The van der Waals surface area contributed by atoms with Crippen LogP contribution in [-0.4, -0.2) is 31.7 Å². The van der Waals surface area contributed by atoms with Gasteiger partial charge in [0.05, 0.1) is 23.8 Å². The quantitative estimate of drug-likeness (QED) is 0.715. The number of ether oxygens (including phenoxy) is 3. The zero-order valence-corrected chi connectivity index (χ0v) is 15.8. The Morgan fingerprint density at radius 3 is 2.59 bits per heavy atom. The summed E-state index contributed by atoms with van der Waals surface area (Å²) in [6.45, 7) is 3.11. The van der Waals surface area contributed by atoms with Gasteiger partial charge in [-0.2, -0.15) is 0 Å². The molecule has 2 aromatic carbocycles. The zero-order valence-electron chi connectivity index (χ0n) is 15.0. The number of carbonyl (C=O) groups is 2. The lowest BCUT2D eigenvalue weighted by Gasteiger charge is -2.16. The van der Waals surface area contributed by atoms with Crippen LogP contribution >= 0.6 is 11.6 Å². The molecule has 0 bridgehead atoms. The number of esters is 1. The molecule has 1 amide bonds. The molecule has 2 rings (SSSR count). The second kappa shape index (κ2) is 9.23. The van der Waals surface area contributed by atoms with Crippen molar-refractivity contribution in [1.82, 2.24) is 0 Å². The fraction of sp³-hybridized carbons (Fsp3) is 0.263. The molecule has 6 nitrogen and oxygen atoms in total. The summed E-state index contributed by atoms with van der Waals surface area (Å²) in [6.07, 6.45) is -0.138. The monoisotopic (exact) mass is 395 g/mol. The molecule has 27 heavy (non-hydrogen) atoms. The van der Waals surface area contributed by atoms with E-state index >= 15 is 0 Å². The number of hydrogen-bond donors (Lipinski definition) is 1. The van der Waals surface area contributed by atoms with Gasteiger partial charge in [-0.1, -0.05) is 17.7 Å². The summed E-state index contributed by atoms with van der Waals surface area (Å²) in [6, 6.07) is 8.15. The van der Waals surface area contributed by atoms with Crippen LogP contribution in [0.15, 0.2) is 36.4 Å². The van der Waals surface area contributed by atoms with E-state index in [4.69, 9.17) is 25.8 Å². The van der Waals surface area contributed by atoms with E-state index in [0.29, 0.717) is 5.75 Å². The summed E-state index contributed by atoms with van der Waals surface area (Å²) in [7, 11) is 1.42. The lowest BCUT2D eigenvalue weighted by molar-refractivity contribution is -0.119. The molecule has 0 fully saturated rings. The number of amides is 1. The minimum atomic E-state index is -0.763. The Balaban J connectivity index is 2.03.